The average Bonchev–Trinajstić information content (AvgIpc) is 2.50. The van der Waals surface area contributed by atoms with Crippen molar-refractivity contribution in [1.29, 1.82) is 0 Å². The SMILES string of the molecule is CCN(c1ccccc1C)c1ncc(N)cc1C(=O)OC. The number of benzene rings is 1. The summed E-state index contributed by atoms with van der Waals surface area (Å²) in [5.74, 6) is 0.102. The second kappa shape index (κ2) is 6.26. The maximum absolute atomic E-state index is 12.0. The first-order valence-electron chi connectivity index (χ1n) is 6.75. The lowest BCUT2D eigenvalue weighted by Gasteiger charge is -2.25. The second-order valence-corrected chi connectivity index (χ2v) is 4.66. The van der Waals surface area contributed by atoms with Crippen LogP contribution < -0.4 is 10.6 Å². The minimum atomic E-state index is -0.447. The van der Waals surface area contributed by atoms with Crippen molar-refractivity contribution in [3.63, 3.8) is 0 Å². The van der Waals surface area contributed by atoms with Crippen molar-refractivity contribution >= 4 is 23.2 Å². The molecule has 0 radical (unpaired) electrons. The Labute approximate surface area is 124 Å². The summed E-state index contributed by atoms with van der Waals surface area (Å²) in [6.45, 7) is 4.70. The van der Waals surface area contributed by atoms with Gasteiger partial charge in [0.1, 0.15) is 11.4 Å². The monoisotopic (exact) mass is 285 g/mol. The molecule has 0 fully saturated rings. The molecule has 0 aliphatic heterocycles. The van der Waals surface area contributed by atoms with Gasteiger partial charge in [-0.15, -0.1) is 0 Å². The van der Waals surface area contributed by atoms with Crippen molar-refractivity contribution in [2.45, 2.75) is 13.8 Å². The number of nitrogen functional groups attached to an aromatic ring is 1. The van der Waals surface area contributed by atoms with Gasteiger partial charge in [0.2, 0.25) is 0 Å². The smallest absolute Gasteiger partial charge is 0.341 e. The molecule has 0 aliphatic rings. The molecule has 5 heteroatoms. The highest BCUT2D eigenvalue weighted by Gasteiger charge is 2.20. The number of hydrogen-bond donors (Lipinski definition) is 1. The van der Waals surface area contributed by atoms with Crippen molar-refractivity contribution in [2.24, 2.45) is 0 Å². The normalized spacial score (nSPS) is 10.2. The minimum absolute atomic E-state index is 0.364. The van der Waals surface area contributed by atoms with Gasteiger partial charge in [-0.1, -0.05) is 18.2 Å². The first-order chi connectivity index (χ1) is 10.1. The summed E-state index contributed by atoms with van der Waals surface area (Å²) >= 11 is 0. The Morgan fingerprint density at radius 1 is 1.38 bits per heavy atom. The molecule has 0 atom stereocenters. The predicted molar refractivity (Wildman–Crippen MR) is 83.8 cm³/mol. The number of esters is 1. The third-order valence-corrected chi connectivity index (χ3v) is 3.27. The molecule has 0 spiro atoms. The van der Waals surface area contributed by atoms with Crippen LogP contribution in [-0.4, -0.2) is 24.6 Å². The van der Waals surface area contributed by atoms with Crippen molar-refractivity contribution in [1.82, 2.24) is 4.98 Å². The summed E-state index contributed by atoms with van der Waals surface area (Å²) in [7, 11) is 1.35. The van der Waals surface area contributed by atoms with E-state index in [0.717, 1.165) is 11.3 Å². The molecular weight excluding hydrogens is 266 g/mol. The molecule has 2 N–H and O–H groups in total. The lowest BCUT2D eigenvalue weighted by Crippen LogP contribution is -2.22. The van der Waals surface area contributed by atoms with Crippen LogP contribution in [0.3, 0.4) is 0 Å². The Morgan fingerprint density at radius 2 is 2.10 bits per heavy atom. The maximum atomic E-state index is 12.0. The van der Waals surface area contributed by atoms with E-state index in [0.29, 0.717) is 23.6 Å². The highest BCUT2D eigenvalue weighted by Crippen LogP contribution is 2.30. The molecule has 110 valence electrons. The third kappa shape index (κ3) is 2.97. The molecule has 0 saturated heterocycles. The zero-order valence-electron chi connectivity index (χ0n) is 12.5. The van der Waals surface area contributed by atoms with Crippen LogP contribution in [0.4, 0.5) is 17.2 Å². The molecule has 1 aromatic carbocycles. The molecule has 21 heavy (non-hydrogen) atoms. The third-order valence-electron chi connectivity index (χ3n) is 3.27. The topological polar surface area (TPSA) is 68.5 Å². The number of hydrogen-bond acceptors (Lipinski definition) is 5. The molecule has 0 bridgehead atoms. The highest BCUT2D eigenvalue weighted by molar-refractivity contribution is 5.96. The fourth-order valence-electron chi connectivity index (χ4n) is 2.25. The predicted octanol–water partition coefficient (Wildman–Crippen LogP) is 2.92. The Kier molecular flexibility index (Phi) is 4.42. The van der Waals surface area contributed by atoms with Crippen molar-refractivity contribution in [2.75, 3.05) is 24.3 Å². The molecule has 0 aliphatic carbocycles. The van der Waals surface area contributed by atoms with Crippen molar-refractivity contribution < 1.29 is 9.53 Å². The number of anilines is 3. The zero-order valence-corrected chi connectivity index (χ0v) is 12.5. The van der Waals surface area contributed by atoms with Crippen molar-refractivity contribution in [3.8, 4) is 0 Å². The van der Waals surface area contributed by atoms with Gasteiger partial charge in [0, 0.05) is 12.2 Å². The van der Waals surface area contributed by atoms with Gasteiger partial charge in [0.05, 0.1) is 19.0 Å². The van der Waals surface area contributed by atoms with E-state index in [-0.39, 0.29) is 0 Å². The van der Waals surface area contributed by atoms with E-state index in [9.17, 15) is 4.79 Å². The molecule has 0 saturated carbocycles. The number of aryl methyl sites for hydroxylation is 1. The maximum Gasteiger partial charge on any atom is 0.341 e. The summed E-state index contributed by atoms with van der Waals surface area (Å²) in [5.41, 5.74) is 8.64. The first-order valence-corrected chi connectivity index (χ1v) is 6.75. The van der Waals surface area contributed by atoms with E-state index < -0.39 is 5.97 Å². The Morgan fingerprint density at radius 3 is 2.71 bits per heavy atom. The van der Waals surface area contributed by atoms with Crippen LogP contribution in [0.1, 0.15) is 22.8 Å². The summed E-state index contributed by atoms with van der Waals surface area (Å²) in [6.07, 6.45) is 1.54. The van der Waals surface area contributed by atoms with E-state index >= 15 is 0 Å². The molecule has 1 aromatic heterocycles. The van der Waals surface area contributed by atoms with Gasteiger partial charge in [0.15, 0.2) is 0 Å². The number of nitrogens with two attached hydrogens (primary N) is 1. The molecule has 0 unspecified atom stereocenters. The number of nitrogens with zero attached hydrogens (tertiary/aromatic N) is 2. The molecule has 5 nitrogen and oxygen atoms in total. The standard InChI is InChI=1S/C16H19N3O2/c1-4-19(14-8-6-5-7-11(14)2)15-13(16(20)21-3)9-12(17)10-18-15/h5-10H,4,17H2,1-3H3. The van der Waals surface area contributed by atoms with Gasteiger partial charge >= 0.3 is 5.97 Å². The van der Waals surface area contributed by atoms with E-state index in [1.54, 1.807) is 12.3 Å². The lowest BCUT2D eigenvalue weighted by atomic mass is 10.1. The van der Waals surface area contributed by atoms with Crippen LogP contribution in [0.15, 0.2) is 36.5 Å². The number of pyridine rings is 1. The van der Waals surface area contributed by atoms with E-state index in [1.807, 2.05) is 43.0 Å². The highest BCUT2D eigenvalue weighted by atomic mass is 16.5. The van der Waals surface area contributed by atoms with Crippen LogP contribution in [0, 0.1) is 6.92 Å². The Bertz CT molecular complexity index is 656. The van der Waals surface area contributed by atoms with Crippen LogP contribution in [0.25, 0.3) is 0 Å². The number of carbonyl (C=O) groups is 1. The number of ether oxygens (including phenoxy) is 1. The average molecular weight is 285 g/mol. The van der Waals surface area contributed by atoms with Gasteiger partial charge in [-0.25, -0.2) is 9.78 Å². The van der Waals surface area contributed by atoms with Crippen LogP contribution in [-0.2, 0) is 4.74 Å². The zero-order chi connectivity index (χ0) is 15.4. The molecule has 1 heterocycles. The summed E-state index contributed by atoms with van der Waals surface area (Å²) in [4.78, 5) is 18.3. The second-order valence-electron chi connectivity index (χ2n) is 4.66. The first kappa shape index (κ1) is 14.8. The van der Waals surface area contributed by atoms with Gasteiger partial charge in [-0.05, 0) is 31.5 Å². The van der Waals surface area contributed by atoms with Crippen LogP contribution >= 0.6 is 0 Å². The van der Waals surface area contributed by atoms with E-state index in [1.165, 1.54) is 7.11 Å². The fourth-order valence-corrected chi connectivity index (χ4v) is 2.25. The molecule has 2 rings (SSSR count). The minimum Gasteiger partial charge on any atom is -0.465 e. The number of carbonyl (C=O) groups excluding carboxylic acids is 1. The van der Waals surface area contributed by atoms with Gasteiger partial charge in [0.25, 0.3) is 0 Å². The van der Waals surface area contributed by atoms with Crippen LogP contribution in [0.5, 0.6) is 0 Å². The molecular formula is C16H19N3O2. The lowest BCUT2D eigenvalue weighted by molar-refractivity contribution is 0.0601. The van der Waals surface area contributed by atoms with Gasteiger partial charge in [-0.2, -0.15) is 0 Å². The van der Waals surface area contributed by atoms with E-state index in [4.69, 9.17) is 10.5 Å². The number of rotatable bonds is 4. The number of methoxy groups -OCH3 is 1. The summed E-state index contributed by atoms with van der Waals surface area (Å²) in [5, 5.41) is 0. The van der Waals surface area contributed by atoms with Crippen LogP contribution in [0.2, 0.25) is 0 Å². The number of para-hydroxylation sites is 1. The van der Waals surface area contributed by atoms with Gasteiger partial charge in [-0.3, -0.25) is 0 Å². The number of aromatic nitrogens is 1. The quantitative estimate of drug-likeness (QED) is 0.875. The van der Waals surface area contributed by atoms with E-state index in [2.05, 4.69) is 4.98 Å². The molecule has 2 aromatic rings. The largest absolute Gasteiger partial charge is 0.465 e. The molecule has 0 amide bonds. The fraction of sp³-hybridized carbons (Fsp3) is 0.250. The van der Waals surface area contributed by atoms with Crippen molar-refractivity contribution in [3.05, 3.63) is 47.7 Å². The Balaban J connectivity index is 2.58. The summed E-state index contributed by atoms with van der Waals surface area (Å²) in [6, 6.07) is 9.55. The summed E-state index contributed by atoms with van der Waals surface area (Å²) < 4.78 is 4.83. The van der Waals surface area contributed by atoms with Gasteiger partial charge < -0.3 is 15.4 Å². The Hall–Kier alpha value is -2.56.